The Hall–Kier alpha value is -1.53. The van der Waals surface area contributed by atoms with E-state index in [0.717, 1.165) is 17.2 Å². The third kappa shape index (κ3) is 3.97. The Balaban J connectivity index is 1.75. The summed E-state index contributed by atoms with van der Waals surface area (Å²) in [7, 11) is 0. The SMILES string of the molecule is O=C(O)c1ccc(CCNC(=O)C2CSCN2)cc1. The summed E-state index contributed by atoms with van der Waals surface area (Å²) in [5.74, 6) is 0.755. The lowest BCUT2D eigenvalue weighted by atomic mass is 10.1. The van der Waals surface area contributed by atoms with Crippen LogP contribution in [0.5, 0.6) is 0 Å². The molecule has 0 bridgehead atoms. The van der Waals surface area contributed by atoms with E-state index < -0.39 is 5.97 Å². The highest BCUT2D eigenvalue weighted by atomic mass is 32.2. The van der Waals surface area contributed by atoms with Gasteiger partial charge in [-0.05, 0) is 24.1 Å². The molecular weight excluding hydrogens is 264 g/mol. The first-order valence-corrected chi connectivity index (χ1v) is 7.23. The predicted octanol–water partition coefficient (Wildman–Crippen LogP) is 0.706. The molecule has 1 aliphatic heterocycles. The first-order chi connectivity index (χ1) is 9.16. The van der Waals surface area contributed by atoms with Gasteiger partial charge in [0, 0.05) is 18.2 Å². The molecular formula is C13H16N2O3S. The van der Waals surface area contributed by atoms with Gasteiger partial charge in [-0.2, -0.15) is 0 Å². The monoisotopic (exact) mass is 280 g/mol. The van der Waals surface area contributed by atoms with Crippen LogP contribution in [0.4, 0.5) is 0 Å². The second-order valence-corrected chi connectivity index (χ2v) is 5.35. The van der Waals surface area contributed by atoms with Crippen LogP contribution in [0.25, 0.3) is 0 Å². The molecule has 2 rings (SSSR count). The van der Waals surface area contributed by atoms with Crippen LogP contribution in [0.1, 0.15) is 15.9 Å². The standard InChI is InChI=1S/C13H16N2O3S/c16-12(11-7-19-8-15-11)14-6-5-9-1-3-10(4-2-9)13(17)18/h1-4,11,15H,5-8H2,(H,14,16)(H,17,18). The van der Waals surface area contributed by atoms with E-state index in [-0.39, 0.29) is 17.5 Å². The third-order valence-corrected chi connectivity index (χ3v) is 3.89. The van der Waals surface area contributed by atoms with E-state index >= 15 is 0 Å². The van der Waals surface area contributed by atoms with Gasteiger partial charge in [-0.15, -0.1) is 11.8 Å². The normalized spacial score (nSPS) is 18.2. The molecule has 1 saturated heterocycles. The highest BCUT2D eigenvalue weighted by Gasteiger charge is 2.21. The molecule has 0 aromatic heterocycles. The molecule has 1 heterocycles. The van der Waals surface area contributed by atoms with E-state index in [9.17, 15) is 9.59 Å². The zero-order chi connectivity index (χ0) is 13.7. The molecule has 0 aliphatic carbocycles. The minimum atomic E-state index is -0.926. The Bertz CT molecular complexity index is 455. The van der Waals surface area contributed by atoms with Gasteiger partial charge in [0.2, 0.25) is 5.91 Å². The molecule has 1 aromatic carbocycles. The van der Waals surface area contributed by atoms with Crippen molar-refractivity contribution in [1.82, 2.24) is 10.6 Å². The molecule has 1 aromatic rings. The van der Waals surface area contributed by atoms with Gasteiger partial charge in [0.25, 0.3) is 0 Å². The third-order valence-electron chi connectivity index (χ3n) is 2.95. The molecule has 0 radical (unpaired) electrons. The predicted molar refractivity (Wildman–Crippen MR) is 74.4 cm³/mol. The quantitative estimate of drug-likeness (QED) is 0.740. The van der Waals surface area contributed by atoms with Crippen molar-refractivity contribution in [2.75, 3.05) is 18.2 Å². The Kier molecular flexibility index (Phi) is 4.81. The summed E-state index contributed by atoms with van der Waals surface area (Å²) in [6.07, 6.45) is 0.700. The zero-order valence-electron chi connectivity index (χ0n) is 10.4. The van der Waals surface area contributed by atoms with Gasteiger partial charge in [0.1, 0.15) is 0 Å². The van der Waals surface area contributed by atoms with Crippen LogP contribution in [0, 0.1) is 0 Å². The molecule has 3 N–H and O–H groups in total. The van der Waals surface area contributed by atoms with Crippen LogP contribution in [0.3, 0.4) is 0 Å². The molecule has 1 unspecified atom stereocenters. The summed E-state index contributed by atoms with van der Waals surface area (Å²) in [4.78, 5) is 22.4. The number of benzene rings is 1. The van der Waals surface area contributed by atoms with Crippen LogP contribution >= 0.6 is 11.8 Å². The second kappa shape index (κ2) is 6.58. The van der Waals surface area contributed by atoms with Gasteiger partial charge < -0.3 is 10.4 Å². The minimum absolute atomic E-state index is 0.0344. The van der Waals surface area contributed by atoms with Crippen molar-refractivity contribution in [3.8, 4) is 0 Å². The number of carbonyl (C=O) groups excluding carboxylic acids is 1. The molecule has 0 saturated carbocycles. The number of carbonyl (C=O) groups is 2. The average Bonchev–Trinajstić information content (AvgIpc) is 2.93. The lowest BCUT2D eigenvalue weighted by Crippen LogP contribution is -2.42. The number of amides is 1. The van der Waals surface area contributed by atoms with E-state index in [4.69, 9.17) is 5.11 Å². The molecule has 5 nitrogen and oxygen atoms in total. The van der Waals surface area contributed by atoms with Crippen molar-refractivity contribution in [2.45, 2.75) is 12.5 Å². The van der Waals surface area contributed by atoms with Crippen LogP contribution < -0.4 is 10.6 Å². The van der Waals surface area contributed by atoms with Gasteiger partial charge in [-0.3, -0.25) is 10.1 Å². The number of thioether (sulfide) groups is 1. The average molecular weight is 280 g/mol. The Morgan fingerprint density at radius 1 is 1.37 bits per heavy atom. The molecule has 0 spiro atoms. The first kappa shape index (κ1) is 13.9. The van der Waals surface area contributed by atoms with Gasteiger partial charge in [0.15, 0.2) is 0 Å². The van der Waals surface area contributed by atoms with Crippen LogP contribution in [0.15, 0.2) is 24.3 Å². The summed E-state index contributed by atoms with van der Waals surface area (Å²) < 4.78 is 0. The second-order valence-electron chi connectivity index (χ2n) is 4.31. The van der Waals surface area contributed by atoms with Crippen molar-refractivity contribution in [1.29, 1.82) is 0 Å². The molecule has 6 heteroatoms. The summed E-state index contributed by atoms with van der Waals surface area (Å²) in [5.41, 5.74) is 1.29. The maximum absolute atomic E-state index is 11.7. The maximum atomic E-state index is 11.7. The lowest BCUT2D eigenvalue weighted by Gasteiger charge is -2.10. The van der Waals surface area contributed by atoms with E-state index in [2.05, 4.69) is 10.6 Å². The van der Waals surface area contributed by atoms with Gasteiger partial charge >= 0.3 is 5.97 Å². The Morgan fingerprint density at radius 3 is 2.68 bits per heavy atom. The molecule has 1 fully saturated rings. The van der Waals surface area contributed by atoms with Gasteiger partial charge in [0.05, 0.1) is 11.6 Å². The molecule has 102 valence electrons. The van der Waals surface area contributed by atoms with Crippen molar-refractivity contribution in [3.05, 3.63) is 35.4 Å². The van der Waals surface area contributed by atoms with E-state index in [1.54, 1.807) is 36.0 Å². The smallest absolute Gasteiger partial charge is 0.335 e. The highest BCUT2D eigenvalue weighted by Crippen LogP contribution is 2.09. The van der Waals surface area contributed by atoms with Gasteiger partial charge in [-0.1, -0.05) is 12.1 Å². The maximum Gasteiger partial charge on any atom is 0.335 e. The Morgan fingerprint density at radius 2 is 2.11 bits per heavy atom. The lowest BCUT2D eigenvalue weighted by molar-refractivity contribution is -0.122. The number of aromatic carboxylic acids is 1. The van der Waals surface area contributed by atoms with Crippen LogP contribution in [-0.4, -0.2) is 41.2 Å². The van der Waals surface area contributed by atoms with E-state index in [1.807, 2.05) is 0 Å². The van der Waals surface area contributed by atoms with Crippen molar-refractivity contribution < 1.29 is 14.7 Å². The number of carboxylic acid groups (broad SMARTS) is 1. The minimum Gasteiger partial charge on any atom is -0.478 e. The fourth-order valence-electron chi connectivity index (χ4n) is 1.83. The van der Waals surface area contributed by atoms with Crippen molar-refractivity contribution >= 4 is 23.6 Å². The molecule has 1 atom stereocenters. The number of nitrogens with one attached hydrogen (secondary N) is 2. The molecule has 1 amide bonds. The molecule has 1 aliphatic rings. The zero-order valence-corrected chi connectivity index (χ0v) is 11.2. The van der Waals surface area contributed by atoms with E-state index in [0.29, 0.717) is 13.0 Å². The number of carboxylic acids is 1. The first-order valence-electron chi connectivity index (χ1n) is 6.08. The largest absolute Gasteiger partial charge is 0.478 e. The highest BCUT2D eigenvalue weighted by molar-refractivity contribution is 7.99. The fourth-order valence-corrected chi connectivity index (χ4v) is 2.77. The van der Waals surface area contributed by atoms with Crippen LogP contribution in [-0.2, 0) is 11.2 Å². The van der Waals surface area contributed by atoms with E-state index in [1.165, 1.54) is 0 Å². The Labute approximate surface area is 115 Å². The number of hydrogen-bond acceptors (Lipinski definition) is 4. The summed E-state index contributed by atoms with van der Waals surface area (Å²) in [6.45, 7) is 0.564. The van der Waals surface area contributed by atoms with Gasteiger partial charge in [-0.25, -0.2) is 4.79 Å². The fraction of sp³-hybridized carbons (Fsp3) is 0.385. The number of rotatable bonds is 5. The topological polar surface area (TPSA) is 78.4 Å². The van der Waals surface area contributed by atoms with Crippen molar-refractivity contribution in [3.63, 3.8) is 0 Å². The summed E-state index contributed by atoms with van der Waals surface area (Å²) >= 11 is 1.72. The summed E-state index contributed by atoms with van der Waals surface area (Å²) in [5, 5.41) is 14.8. The summed E-state index contributed by atoms with van der Waals surface area (Å²) in [6, 6.07) is 6.63. The number of hydrogen-bond donors (Lipinski definition) is 3. The van der Waals surface area contributed by atoms with Crippen molar-refractivity contribution in [2.24, 2.45) is 0 Å². The molecule has 19 heavy (non-hydrogen) atoms. The van der Waals surface area contributed by atoms with Crippen LogP contribution in [0.2, 0.25) is 0 Å².